The zero-order valence-corrected chi connectivity index (χ0v) is 11.9. The average molecular weight is 375 g/mol. The van der Waals surface area contributed by atoms with Crippen molar-refractivity contribution in [1.82, 2.24) is 4.98 Å². The molecule has 92 valence electrons. The van der Waals surface area contributed by atoms with Crippen LogP contribution in [0.1, 0.15) is 10.4 Å². The van der Waals surface area contributed by atoms with E-state index in [9.17, 15) is 9.90 Å². The van der Waals surface area contributed by atoms with E-state index in [-0.39, 0.29) is 11.7 Å². The van der Waals surface area contributed by atoms with Gasteiger partial charge in [-0.15, -0.1) is 0 Å². The summed E-state index contributed by atoms with van der Waals surface area (Å²) in [4.78, 5) is 15.8. The van der Waals surface area contributed by atoms with E-state index in [1.165, 1.54) is 6.07 Å². The Hall–Kier alpha value is -1.34. The lowest BCUT2D eigenvalue weighted by Crippen LogP contribution is -2.12. The molecule has 18 heavy (non-hydrogen) atoms. The molecule has 6 heteroatoms. The third-order valence-corrected chi connectivity index (χ3v) is 3.29. The van der Waals surface area contributed by atoms with E-state index in [4.69, 9.17) is 11.6 Å². The summed E-state index contributed by atoms with van der Waals surface area (Å²) >= 11 is 7.70. The molecular weight excluding hydrogens is 367 g/mol. The van der Waals surface area contributed by atoms with Gasteiger partial charge < -0.3 is 10.4 Å². The summed E-state index contributed by atoms with van der Waals surface area (Å²) < 4.78 is 0.685. The van der Waals surface area contributed by atoms with Crippen LogP contribution in [-0.2, 0) is 0 Å². The summed E-state index contributed by atoms with van der Waals surface area (Å²) in [6, 6.07) is 9.64. The Labute approximate surface area is 122 Å². The topological polar surface area (TPSA) is 62.2 Å². The van der Waals surface area contributed by atoms with Crippen LogP contribution in [-0.4, -0.2) is 16.0 Å². The fraction of sp³-hybridized carbons (Fsp3) is 0. The van der Waals surface area contributed by atoms with Gasteiger partial charge in [0.15, 0.2) is 0 Å². The van der Waals surface area contributed by atoms with Gasteiger partial charge in [0.25, 0.3) is 5.91 Å². The number of rotatable bonds is 2. The monoisotopic (exact) mass is 374 g/mol. The fourth-order valence-corrected chi connectivity index (χ4v) is 1.82. The summed E-state index contributed by atoms with van der Waals surface area (Å²) in [6.07, 6.45) is 0. The predicted octanol–water partition coefficient (Wildman–Crippen LogP) is 3.30. The van der Waals surface area contributed by atoms with Crippen LogP contribution in [0.3, 0.4) is 0 Å². The SMILES string of the molecule is O=C(Nc1cccc(Cl)n1)c1ccc(I)c(O)c1. The van der Waals surface area contributed by atoms with E-state index in [2.05, 4.69) is 10.3 Å². The van der Waals surface area contributed by atoms with Crippen LogP contribution in [0.2, 0.25) is 5.15 Å². The Bertz CT molecular complexity index is 604. The van der Waals surface area contributed by atoms with Gasteiger partial charge in [-0.2, -0.15) is 0 Å². The molecule has 0 saturated heterocycles. The Morgan fingerprint density at radius 3 is 2.78 bits per heavy atom. The van der Waals surface area contributed by atoms with Crippen molar-refractivity contribution < 1.29 is 9.90 Å². The molecule has 0 aliphatic heterocycles. The Morgan fingerprint density at radius 1 is 1.33 bits per heavy atom. The fourth-order valence-electron chi connectivity index (χ4n) is 1.32. The van der Waals surface area contributed by atoms with Gasteiger partial charge in [-0.3, -0.25) is 4.79 Å². The van der Waals surface area contributed by atoms with Gasteiger partial charge >= 0.3 is 0 Å². The molecule has 0 unspecified atom stereocenters. The number of pyridine rings is 1. The molecule has 0 saturated carbocycles. The number of aromatic nitrogens is 1. The van der Waals surface area contributed by atoms with Gasteiger partial charge in [0, 0.05) is 5.56 Å². The highest BCUT2D eigenvalue weighted by Gasteiger charge is 2.09. The maximum Gasteiger partial charge on any atom is 0.256 e. The molecule has 2 rings (SSSR count). The maximum atomic E-state index is 11.9. The van der Waals surface area contributed by atoms with Crippen LogP contribution in [0.5, 0.6) is 5.75 Å². The summed E-state index contributed by atoms with van der Waals surface area (Å²) in [6.45, 7) is 0. The van der Waals surface area contributed by atoms with Gasteiger partial charge in [0.05, 0.1) is 3.57 Å². The van der Waals surface area contributed by atoms with E-state index in [1.807, 2.05) is 22.6 Å². The van der Waals surface area contributed by atoms with Crippen molar-refractivity contribution >= 4 is 45.9 Å². The van der Waals surface area contributed by atoms with Crippen molar-refractivity contribution in [3.8, 4) is 5.75 Å². The first-order valence-corrected chi connectivity index (χ1v) is 6.44. The molecule has 0 radical (unpaired) electrons. The number of carbonyl (C=O) groups excluding carboxylic acids is 1. The van der Waals surface area contributed by atoms with Crippen molar-refractivity contribution in [2.24, 2.45) is 0 Å². The first-order chi connectivity index (χ1) is 8.56. The second-order valence-corrected chi connectivity index (χ2v) is 5.02. The molecular formula is C12H8ClIN2O2. The molecule has 1 aromatic carbocycles. The minimum Gasteiger partial charge on any atom is -0.507 e. The summed E-state index contributed by atoms with van der Waals surface area (Å²) in [5, 5.41) is 12.4. The number of carbonyl (C=O) groups is 1. The van der Waals surface area contributed by atoms with Crippen LogP contribution in [0.25, 0.3) is 0 Å². The maximum absolute atomic E-state index is 11.9. The number of hydrogen-bond donors (Lipinski definition) is 2. The zero-order valence-electron chi connectivity index (χ0n) is 9.02. The molecule has 0 spiro atoms. The number of amides is 1. The van der Waals surface area contributed by atoms with E-state index in [0.29, 0.717) is 20.1 Å². The number of phenols is 1. The van der Waals surface area contributed by atoms with Gasteiger partial charge in [0.1, 0.15) is 16.7 Å². The third kappa shape index (κ3) is 3.11. The minimum absolute atomic E-state index is 0.0716. The van der Waals surface area contributed by atoms with Crippen molar-refractivity contribution in [1.29, 1.82) is 0 Å². The number of nitrogens with zero attached hydrogens (tertiary/aromatic N) is 1. The van der Waals surface area contributed by atoms with E-state index >= 15 is 0 Å². The highest BCUT2D eigenvalue weighted by atomic mass is 127. The molecule has 4 nitrogen and oxygen atoms in total. The van der Waals surface area contributed by atoms with E-state index in [1.54, 1.807) is 30.3 Å². The molecule has 1 amide bonds. The molecule has 0 atom stereocenters. The molecule has 0 bridgehead atoms. The summed E-state index contributed by atoms with van der Waals surface area (Å²) in [5.74, 6) is 0.0873. The van der Waals surface area contributed by atoms with Crippen LogP contribution in [0, 0.1) is 3.57 Å². The Kier molecular flexibility index (Phi) is 4.03. The molecule has 0 aliphatic carbocycles. The highest BCUT2D eigenvalue weighted by Crippen LogP contribution is 2.21. The second-order valence-electron chi connectivity index (χ2n) is 3.47. The highest BCUT2D eigenvalue weighted by molar-refractivity contribution is 14.1. The van der Waals surface area contributed by atoms with Crippen LogP contribution < -0.4 is 5.32 Å². The largest absolute Gasteiger partial charge is 0.507 e. The molecule has 0 aliphatic rings. The number of aromatic hydroxyl groups is 1. The van der Waals surface area contributed by atoms with Crippen molar-refractivity contribution in [3.63, 3.8) is 0 Å². The molecule has 0 fully saturated rings. The average Bonchev–Trinajstić information content (AvgIpc) is 2.32. The van der Waals surface area contributed by atoms with Crippen molar-refractivity contribution in [2.75, 3.05) is 5.32 Å². The number of nitrogens with one attached hydrogen (secondary N) is 1. The number of phenolic OH excluding ortho intramolecular Hbond substituents is 1. The standard InChI is InChI=1S/C12H8ClIN2O2/c13-10-2-1-3-11(15-10)16-12(18)7-4-5-8(14)9(17)6-7/h1-6,17H,(H,15,16,18). The van der Waals surface area contributed by atoms with E-state index in [0.717, 1.165) is 0 Å². The number of hydrogen-bond acceptors (Lipinski definition) is 3. The molecule has 2 aromatic rings. The predicted molar refractivity (Wildman–Crippen MR) is 78.0 cm³/mol. The molecule has 1 heterocycles. The Morgan fingerprint density at radius 2 is 2.11 bits per heavy atom. The zero-order chi connectivity index (χ0) is 13.1. The second kappa shape index (κ2) is 5.53. The lowest BCUT2D eigenvalue weighted by Gasteiger charge is -2.05. The third-order valence-electron chi connectivity index (χ3n) is 2.17. The van der Waals surface area contributed by atoms with Gasteiger partial charge in [-0.05, 0) is 52.9 Å². The normalized spacial score (nSPS) is 10.1. The quantitative estimate of drug-likeness (QED) is 0.626. The van der Waals surface area contributed by atoms with E-state index < -0.39 is 0 Å². The smallest absolute Gasteiger partial charge is 0.256 e. The van der Waals surface area contributed by atoms with Crippen molar-refractivity contribution in [2.45, 2.75) is 0 Å². The molecule has 1 aromatic heterocycles. The number of anilines is 1. The summed E-state index contributed by atoms with van der Waals surface area (Å²) in [5.41, 5.74) is 0.356. The lowest BCUT2D eigenvalue weighted by atomic mass is 10.2. The van der Waals surface area contributed by atoms with Crippen LogP contribution >= 0.6 is 34.2 Å². The van der Waals surface area contributed by atoms with Gasteiger partial charge in [0.2, 0.25) is 0 Å². The minimum atomic E-state index is -0.350. The Balaban J connectivity index is 2.19. The van der Waals surface area contributed by atoms with Crippen molar-refractivity contribution in [3.05, 3.63) is 50.7 Å². The summed E-state index contributed by atoms with van der Waals surface area (Å²) in [7, 11) is 0. The first kappa shape index (κ1) is 13.1. The van der Waals surface area contributed by atoms with Crippen LogP contribution in [0.15, 0.2) is 36.4 Å². The number of halogens is 2. The van der Waals surface area contributed by atoms with Gasteiger partial charge in [-0.25, -0.2) is 4.98 Å². The first-order valence-electron chi connectivity index (χ1n) is 4.98. The van der Waals surface area contributed by atoms with Crippen LogP contribution in [0.4, 0.5) is 5.82 Å². The lowest BCUT2D eigenvalue weighted by molar-refractivity contribution is 0.102. The molecule has 2 N–H and O–H groups in total. The van der Waals surface area contributed by atoms with Gasteiger partial charge in [-0.1, -0.05) is 17.7 Å². The number of benzene rings is 1.